The lowest BCUT2D eigenvalue weighted by Crippen LogP contribution is -2.33. The predicted molar refractivity (Wildman–Crippen MR) is 83.2 cm³/mol. The van der Waals surface area contributed by atoms with Crippen LogP contribution in [0.4, 0.5) is 0 Å². The van der Waals surface area contributed by atoms with Crippen molar-refractivity contribution < 1.29 is 9.90 Å². The molecule has 1 aliphatic carbocycles. The summed E-state index contributed by atoms with van der Waals surface area (Å²) in [6, 6.07) is 7.64. The van der Waals surface area contributed by atoms with Crippen molar-refractivity contribution in [1.29, 1.82) is 0 Å². The number of hydrogen-bond acceptors (Lipinski definition) is 4. The van der Waals surface area contributed by atoms with Gasteiger partial charge in [-0.25, -0.2) is 0 Å². The van der Waals surface area contributed by atoms with Gasteiger partial charge in [-0.05, 0) is 31.5 Å². The Morgan fingerprint density at radius 3 is 2.75 bits per heavy atom. The molecule has 3 N–H and O–H groups in total. The van der Waals surface area contributed by atoms with E-state index in [1.807, 2.05) is 24.3 Å². The molecule has 0 spiro atoms. The molecule has 20 heavy (non-hydrogen) atoms. The molecule has 0 heterocycles. The van der Waals surface area contributed by atoms with Gasteiger partial charge in [0.2, 0.25) is 0 Å². The second-order valence-corrected chi connectivity index (χ2v) is 6.61. The minimum Gasteiger partial charge on any atom is -0.389 e. The summed E-state index contributed by atoms with van der Waals surface area (Å²) in [4.78, 5) is 12.9. The third kappa shape index (κ3) is 4.33. The molecule has 4 heteroatoms. The topological polar surface area (TPSA) is 63.3 Å². The molecule has 0 radical (unpaired) electrons. The summed E-state index contributed by atoms with van der Waals surface area (Å²) in [5.74, 6) is 0.799. The molecule has 1 fully saturated rings. The Kier molecular flexibility index (Phi) is 5.64. The summed E-state index contributed by atoms with van der Waals surface area (Å²) in [5, 5.41) is 10.5. The van der Waals surface area contributed by atoms with E-state index in [1.165, 1.54) is 6.42 Å². The van der Waals surface area contributed by atoms with E-state index in [0.717, 1.165) is 36.1 Å². The Morgan fingerprint density at radius 2 is 2.05 bits per heavy atom. The van der Waals surface area contributed by atoms with Gasteiger partial charge in [0.05, 0.1) is 5.60 Å². The van der Waals surface area contributed by atoms with Crippen molar-refractivity contribution in [2.75, 3.05) is 12.3 Å². The van der Waals surface area contributed by atoms with Crippen LogP contribution >= 0.6 is 11.8 Å². The SMILES string of the molecule is NCCC(=O)c1cccc(SCC2(O)CCCCC2)c1. The molecule has 0 atom stereocenters. The Morgan fingerprint density at radius 1 is 1.30 bits per heavy atom. The number of nitrogens with two attached hydrogens (primary N) is 1. The van der Waals surface area contributed by atoms with Crippen LogP contribution in [0.1, 0.15) is 48.9 Å². The average molecular weight is 293 g/mol. The van der Waals surface area contributed by atoms with Crippen LogP contribution in [0.5, 0.6) is 0 Å². The molecule has 1 saturated carbocycles. The van der Waals surface area contributed by atoms with E-state index in [1.54, 1.807) is 11.8 Å². The molecule has 1 aliphatic rings. The van der Waals surface area contributed by atoms with Crippen molar-refractivity contribution in [3.8, 4) is 0 Å². The summed E-state index contributed by atoms with van der Waals surface area (Å²) in [7, 11) is 0. The molecular weight excluding hydrogens is 270 g/mol. The maximum atomic E-state index is 11.8. The summed E-state index contributed by atoms with van der Waals surface area (Å²) in [6.45, 7) is 0.385. The number of carbonyl (C=O) groups excluding carboxylic acids is 1. The quantitative estimate of drug-likeness (QED) is 0.625. The summed E-state index contributed by atoms with van der Waals surface area (Å²) < 4.78 is 0. The van der Waals surface area contributed by atoms with Gasteiger partial charge in [-0.15, -0.1) is 11.8 Å². The number of hydrogen-bond donors (Lipinski definition) is 2. The van der Waals surface area contributed by atoms with Crippen LogP contribution in [0.25, 0.3) is 0 Å². The van der Waals surface area contributed by atoms with Crippen molar-refractivity contribution in [2.45, 2.75) is 49.0 Å². The summed E-state index contributed by atoms with van der Waals surface area (Å²) in [6.07, 6.45) is 5.64. The molecule has 0 unspecified atom stereocenters. The summed E-state index contributed by atoms with van der Waals surface area (Å²) in [5.41, 5.74) is 5.61. The third-order valence-electron chi connectivity index (χ3n) is 3.82. The number of thioether (sulfide) groups is 1. The van der Waals surface area contributed by atoms with Gasteiger partial charge in [0.25, 0.3) is 0 Å². The third-order valence-corrected chi connectivity index (χ3v) is 5.09. The number of Topliss-reactive ketones (excluding diaryl/α,β-unsaturated/α-hetero) is 1. The van der Waals surface area contributed by atoms with Gasteiger partial charge in [-0.1, -0.05) is 31.4 Å². The molecule has 0 saturated heterocycles. The molecule has 2 rings (SSSR count). The largest absolute Gasteiger partial charge is 0.389 e. The van der Waals surface area contributed by atoms with Crippen LogP contribution in [0.2, 0.25) is 0 Å². The first kappa shape index (κ1) is 15.5. The highest BCUT2D eigenvalue weighted by atomic mass is 32.2. The first-order valence-corrected chi connectivity index (χ1v) is 8.30. The standard InChI is InChI=1S/C16H23NO2S/c17-10-7-15(18)13-5-4-6-14(11-13)20-12-16(19)8-2-1-3-9-16/h4-6,11,19H,1-3,7-10,12,17H2. The second kappa shape index (κ2) is 7.25. The maximum Gasteiger partial charge on any atom is 0.164 e. The van der Waals surface area contributed by atoms with Gasteiger partial charge in [-0.3, -0.25) is 4.79 Å². The van der Waals surface area contributed by atoms with Crippen molar-refractivity contribution in [3.63, 3.8) is 0 Å². The van der Waals surface area contributed by atoms with Crippen LogP contribution in [-0.4, -0.2) is 28.8 Å². The summed E-state index contributed by atoms with van der Waals surface area (Å²) >= 11 is 1.64. The smallest absolute Gasteiger partial charge is 0.164 e. The Balaban J connectivity index is 1.95. The predicted octanol–water partition coefficient (Wildman–Crippen LogP) is 3.01. The molecule has 1 aromatic carbocycles. The van der Waals surface area contributed by atoms with Gasteiger partial charge < -0.3 is 10.8 Å². The maximum absolute atomic E-state index is 11.8. The van der Waals surface area contributed by atoms with Crippen LogP contribution in [0.3, 0.4) is 0 Å². The molecule has 1 aromatic rings. The Hall–Kier alpha value is -0.840. The highest BCUT2D eigenvalue weighted by molar-refractivity contribution is 7.99. The normalized spacial score (nSPS) is 17.9. The molecule has 0 amide bonds. The molecule has 0 aliphatic heterocycles. The van der Waals surface area contributed by atoms with Gasteiger partial charge >= 0.3 is 0 Å². The number of rotatable bonds is 6. The molecule has 0 bridgehead atoms. The highest BCUT2D eigenvalue weighted by Crippen LogP contribution is 2.33. The number of benzene rings is 1. The highest BCUT2D eigenvalue weighted by Gasteiger charge is 2.29. The first-order chi connectivity index (χ1) is 9.63. The number of aliphatic hydroxyl groups is 1. The van der Waals surface area contributed by atoms with Crippen molar-refractivity contribution in [3.05, 3.63) is 29.8 Å². The zero-order chi connectivity index (χ0) is 14.4. The van der Waals surface area contributed by atoms with E-state index >= 15 is 0 Å². The van der Waals surface area contributed by atoms with Crippen molar-refractivity contribution in [2.24, 2.45) is 5.73 Å². The van der Waals surface area contributed by atoms with Crippen LogP contribution in [0.15, 0.2) is 29.2 Å². The molecule has 3 nitrogen and oxygen atoms in total. The Labute approximate surface area is 124 Å². The molecule has 110 valence electrons. The zero-order valence-electron chi connectivity index (χ0n) is 11.8. The number of carbonyl (C=O) groups is 1. The monoisotopic (exact) mass is 293 g/mol. The van der Waals surface area contributed by atoms with E-state index in [4.69, 9.17) is 5.73 Å². The molecular formula is C16H23NO2S. The minimum atomic E-state index is -0.528. The van der Waals surface area contributed by atoms with Gasteiger partial charge in [0.1, 0.15) is 0 Å². The first-order valence-electron chi connectivity index (χ1n) is 7.31. The zero-order valence-corrected chi connectivity index (χ0v) is 12.6. The van der Waals surface area contributed by atoms with Gasteiger partial charge in [0, 0.05) is 22.6 Å². The lowest BCUT2D eigenvalue weighted by molar-refractivity contribution is 0.0273. The van der Waals surface area contributed by atoms with E-state index in [0.29, 0.717) is 18.7 Å². The van der Waals surface area contributed by atoms with Crippen LogP contribution in [0, 0.1) is 0 Å². The van der Waals surface area contributed by atoms with E-state index in [2.05, 4.69) is 0 Å². The Bertz CT molecular complexity index is 456. The van der Waals surface area contributed by atoms with Crippen LogP contribution in [-0.2, 0) is 0 Å². The van der Waals surface area contributed by atoms with Crippen molar-refractivity contribution >= 4 is 17.5 Å². The average Bonchev–Trinajstić information content (AvgIpc) is 2.47. The second-order valence-electron chi connectivity index (χ2n) is 5.56. The van der Waals surface area contributed by atoms with E-state index < -0.39 is 5.60 Å². The minimum absolute atomic E-state index is 0.0892. The molecule has 0 aromatic heterocycles. The fourth-order valence-corrected chi connectivity index (χ4v) is 3.72. The lowest BCUT2D eigenvalue weighted by Gasteiger charge is -2.31. The fourth-order valence-electron chi connectivity index (χ4n) is 2.61. The van der Waals surface area contributed by atoms with E-state index in [9.17, 15) is 9.90 Å². The lowest BCUT2D eigenvalue weighted by atomic mass is 9.86. The fraction of sp³-hybridized carbons (Fsp3) is 0.562. The van der Waals surface area contributed by atoms with Crippen molar-refractivity contribution in [1.82, 2.24) is 0 Å². The number of ketones is 1. The van der Waals surface area contributed by atoms with Crippen LogP contribution < -0.4 is 5.73 Å². The van der Waals surface area contributed by atoms with Gasteiger partial charge in [-0.2, -0.15) is 0 Å². The van der Waals surface area contributed by atoms with E-state index in [-0.39, 0.29) is 5.78 Å². The van der Waals surface area contributed by atoms with Gasteiger partial charge in [0.15, 0.2) is 5.78 Å².